The van der Waals surface area contributed by atoms with E-state index in [9.17, 15) is 0 Å². The third-order valence-corrected chi connectivity index (χ3v) is 3.38. The lowest BCUT2D eigenvalue weighted by molar-refractivity contribution is 0.185. The first-order valence-electron chi connectivity index (χ1n) is 4.99. The van der Waals surface area contributed by atoms with E-state index in [1.54, 1.807) is 0 Å². The highest BCUT2D eigenvalue weighted by Crippen LogP contribution is 2.39. The van der Waals surface area contributed by atoms with Crippen molar-refractivity contribution in [3.05, 3.63) is 0 Å². The maximum atomic E-state index is 8.95. The summed E-state index contributed by atoms with van der Waals surface area (Å²) in [6, 6.07) is 3.19. The van der Waals surface area contributed by atoms with Gasteiger partial charge in [-0.2, -0.15) is 5.26 Å². The minimum Gasteiger partial charge on any atom is -0.312 e. The Labute approximate surface area is 74.0 Å². The largest absolute Gasteiger partial charge is 0.312 e. The van der Waals surface area contributed by atoms with Gasteiger partial charge in [0.25, 0.3) is 0 Å². The third-order valence-electron chi connectivity index (χ3n) is 3.38. The van der Waals surface area contributed by atoms with Crippen LogP contribution >= 0.6 is 0 Å². The van der Waals surface area contributed by atoms with Gasteiger partial charge in [0.1, 0.15) is 0 Å². The van der Waals surface area contributed by atoms with E-state index in [0.29, 0.717) is 0 Å². The molecule has 0 bridgehead atoms. The summed E-state index contributed by atoms with van der Waals surface area (Å²) >= 11 is 0. The van der Waals surface area contributed by atoms with E-state index >= 15 is 0 Å². The van der Waals surface area contributed by atoms with Crippen LogP contribution < -0.4 is 5.32 Å². The molecule has 0 aliphatic heterocycles. The zero-order valence-corrected chi connectivity index (χ0v) is 7.47. The van der Waals surface area contributed by atoms with Crippen LogP contribution in [0.3, 0.4) is 0 Å². The van der Waals surface area contributed by atoms with E-state index < -0.39 is 0 Å². The monoisotopic (exact) mass is 164 g/mol. The molecule has 0 aromatic rings. The summed E-state index contributed by atoms with van der Waals surface area (Å²) in [5.74, 6) is 0. The Balaban J connectivity index is 1.74. The minimum absolute atomic E-state index is 0.0234. The van der Waals surface area contributed by atoms with Gasteiger partial charge >= 0.3 is 0 Å². The van der Waals surface area contributed by atoms with Crippen molar-refractivity contribution in [3.63, 3.8) is 0 Å². The highest BCUT2D eigenvalue weighted by molar-refractivity contribution is 5.06. The van der Waals surface area contributed by atoms with Gasteiger partial charge < -0.3 is 5.32 Å². The molecule has 2 saturated carbocycles. The fourth-order valence-corrected chi connectivity index (χ4v) is 1.88. The van der Waals surface area contributed by atoms with Crippen LogP contribution in [0.15, 0.2) is 0 Å². The molecule has 2 aliphatic carbocycles. The number of hydrogen-bond donors (Lipinski definition) is 1. The average Bonchev–Trinajstić information content (AvgIpc) is 1.91. The van der Waals surface area contributed by atoms with Crippen LogP contribution in [0.25, 0.3) is 0 Å². The van der Waals surface area contributed by atoms with Gasteiger partial charge in [0.05, 0.1) is 11.5 Å². The second-order valence-corrected chi connectivity index (χ2v) is 4.25. The molecule has 0 saturated heterocycles. The molecule has 0 aromatic carbocycles. The Morgan fingerprint density at radius 2 is 2.08 bits per heavy atom. The van der Waals surface area contributed by atoms with Gasteiger partial charge in [-0.1, -0.05) is 12.8 Å². The molecule has 2 nitrogen and oxygen atoms in total. The summed E-state index contributed by atoms with van der Waals surface area (Å²) in [4.78, 5) is 0. The standard InChI is InChI=1S/C10H16N2/c11-7-10(5-2-6-10)8-12-9-3-1-4-9/h9,12H,1-6,8H2. The number of nitrogens with one attached hydrogen (secondary N) is 1. The van der Waals surface area contributed by atoms with Crippen LogP contribution in [0.1, 0.15) is 38.5 Å². The summed E-state index contributed by atoms with van der Waals surface area (Å²) < 4.78 is 0. The van der Waals surface area contributed by atoms with Crippen LogP contribution in [0.5, 0.6) is 0 Å². The summed E-state index contributed by atoms with van der Waals surface area (Å²) in [6.45, 7) is 0.939. The summed E-state index contributed by atoms with van der Waals surface area (Å²) in [5, 5.41) is 12.4. The molecule has 0 radical (unpaired) electrons. The third kappa shape index (κ3) is 1.34. The maximum Gasteiger partial charge on any atom is 0.0703 e. The molecular formula is C10H16N2. The van der Waals surface area contributed by atoms with Gasteiger partial charge in [-0.25, -0.2) is 0 Å². The van der Waals surface area contributed by atoms with Crippen molar-refractivity contribution in [1.29, 1.82) is 5.26 Å². The highest BCUT2D eigenvalue weighted by Gasteiger charge is 2.37. The molecule has 2 rings (SSSR count). The highest BCUT2D eigenvalue weighted by atomic mass is 14.9. The number of nitriles is 1. The van der Waals surface area contributed by atoms with Crippen LogP contribution in [0.2, 0.25) is 0 Å². The normalized spacial score (nSPS) is 26.9. The Bertz CT molecular complexity index is 196. The molecule has 2 aliphatic rings. The smallest absolute Gasteiger partial charge is 0.0703 e. The predicted molar refractivity (Wildman–Crippen MR) is 47.5 cm³/mol. The van der Waals surface area contributed by atoms with E-state index in [2.05, 4.69) is 11.4 Å². The van der Waals surface area contributed by atoms with Crippen molar-refractivity contribution in [3.8, 4) is 6.07 Å². The molecule has 66 valence electrons. The van der Waals surface area contributed by atoms with Crippen molar-refractivity contribution in [2.45, 2.75) is 44.6 Å². The molecule has 0 aromatic heterocycles. The molecule has 0 amide bonds. The van der Waals surface area contributed by atoms with Gasteiger partial charge in [0.2, 0.25) is 0 Å². The first kappa shape index (κ1) is 8.07. The van der Waals surface area contributed by atoms with Crippen molar-refractivity contribution in [2.75, 3.05) is 6.54 Å². The SMILES string of the molecule is N#CC1(CNC2CCC2)CCC1. The molecule has 12 heavy (non-hydrogen) atoms. The van der Waals surface area contributed by atoms with E-state index in [4.69, 9.17) is 5.26 Å². The van der Waals surface area contributed by atoms with E-state index in [-0.39, 0.29) is 5.41 Å². The zero-order valence-electron chi connectivity index (χ0n) is 7.47. The summed E-state index contributed by atoms with van der Waals surface area (Å²) in [7, 11) is 0. The van der Waals surface area contributed by atoms with Crippen LogP contribution in [0, 0.1) is 16.7 Å². The first-order chi connectivity index (χ1) is 5.85. The summed E-state index contributed by atoms with van der Waals surface area (Å²) in [5.41, 5.74) is 0.0234. The fourth-order valence-electron chi connectivity index (χ4n) is 1.88. The lowest BCUT2D eigenvalue weighted by Gasteiger charge is -2.38. The second kappa shape index (κ2) is 3.06. The summed E-state index contributed by atoms with van der Waals surface area (Å²) in [6.07, 6.45) is 7.49. The molecule has 0 unspecified atom stereocenters. The molecule has 2 fully saturated rings. The van der Waals surface area contributed by atoms with Crippen molar-refractivity contribution >= 4 is 0 Å². The van der Waals surface area contributed by atoms with Gasteiger partial charge in [-0.05, 0) is 25.7 Å². The van der Waals surface area contributed by atoms with Crippen LogP contribution in [0.4, 0.5) is 0 Å². The Hall–Kier alpha value is -0.550. The minimum atomic E-state index is 0.0234. The van der Waals surface area contributed by atoms with E-state index in [0.717, 1.165) is 25.4 Å². The number of nitrogens with zero attached hydrogens (tertiary/aromatic N) is 1. The number of hydrogen-bond acceptors (Lipinski definition) is 2. The van der Waals surface area contributed by atoms with Crippen LogP contribution in [-0.4, -0.2) is 12.6 Å². The quantitative estimate of drug-likeness (QED) is 0.690. The Morgan fingerprint density at radius 1 is 1.33 bits per heavy atom. The fraction of sp³-hybridized carbons (Fsp3) is 0.900. The molecule has 0 spiro atoms. The van der Waals surface area contributed by atoms with Crippen molar-refractivity contribution in [1.82, 2.24) is 5.32 Å². The molecule has 2 heteroatoms. The zero-order chi connectivity index (χ0) is 8.44. The first-order valence-corrected chi connectivity index (χ1v) is 4.99. The van der Waals surface area contributed by atoms with Crippen LogP contribution in [-0.2, 0) is 0 Å². The lowest BCUT2D eigenvalue weighted by atomic mass is 9.69. The Kier molecular flexibility index (Phi) is 2.06. The second-order valence-electron chi connectivity index (χ2n) is 4.25. The van der Waals surface area contributed by atoms with Crippen molar-refractivity contribution < 1.29 is 0 Å². The van der Waals surface area contributed by atoms with E-state index in [1.807, 2.05) is 0 Å². The molecule has 1 N–H and O–H groups in total. The topological polar surface area (TPSA) is 35.8 Å². The maximum absolute atomic E-state index is 8.95. The van der Waals surface area contributed by atoms with Gasteiger partial charge in [0, 0.05) is 12.6 Å². The molecule has 0 heterocycles. The average molecular weight is 164 g/mol. The van der Waals surface area contributed by atoms with Gasteiger partial charge in [0.15, 0.2) is 0 Å². The predicted octanol–water partition coefficient (Wildman–Crippen LogP) is 1.82. The Morgan fingerprint density at radius 3 is 2.42 bits per heavy atom. The lowest BCUT2D eigenvalue weighted by Crippen LogP contribution is -2.45. The van der Waals surface area contributed by atoms with Gasteiger partial charge in [-0.3, -0.25) is 0 Å². The molecular weight excluding hydrogens is 148 g/mol. The van der Waals surface area contributed by atoms with Crippen molar-refractivity contribution in [2.24, 2.45) is 5.41 Å². The molecule has 0 atom stereocenters. The number of rotatable bonds is 3. The van der Waals surface area contributed by atoms with Gasteiger partial charge in [-0.15, -0.1) is 0 Å². The van der Waals surface area contributed by atoms with E-state index in [1.165, 1.54) is 25.7 Å².